The van der Waals surface area contributed by atoms with Crippen LogP contribution in [0.1, 0.15) is 11.1 Å². The number of benzene rings is 2. The molecule has 0 bridgehead atoms. The molecule has 0 heterocycles. The van der Waals surface area contributed by atoms with Crippen molar-refractivity contribution in [3.05, 3.63) is 62.0 Å². The number of amides is 1. The minimum absolute atomic E-state index is 0.0729. The second-order valence-electron chi connectivity index (χ2n) is 5.43. The van der Waals surface area contributed by atoms with Crippen molar-refractivity contribution in [1.29, 1.82) is 5.26 Å². The average molecular weight is 494 g/mol. The third-order valence-electron chi connectivity index (χ3n) is 3.43. The summed E-state index contributed by atoms with van der Waals surface area (Å²) in [6.07, 6.45) is 1.43. The van der Waals surface area contributed by atoms with E-state index in [0.717, 1.165) is 5.56 Å². The van der Waals surface area contributed by atoms with Crippen LogP contribution in [0.25, 0.3) is 6.08 Å². The van der Waals surface area contributed by atoms with Crippen molar-refractivity contribution in [2.75, 3.05) is 11.9 Å². The van der Waals surface area contributed by atoms with E-state index < -0.39 is 18.5 Å². The number of aryl methyl sites for hydroxylation is 1. The van der Waals surface area contributed by atoms with Gasteiger partial charge in [-0.25, -0.2) is 4.79 Å². The predicted molar refractivity (Wildman–Crippen MR) is 108 cm³/mol. The summed E-state index contributed by atoms with van der Waals surface area (Å²) in [4.78, 5) is 23.0. The van der Waals surface area contributed by atoms with Gasteiger partial charge in [0, 0.05) is 5.69 Å². The Kier molecular flexibility index (Phi) is 7.16. The molecule has 1 amide bonds. The van der Waals surface area contributed by atoms with Crippen LogP contribution in [0.5, 0.6) is 5.75 Å². The fourth-order valence-electron chi connectivity index (χ4n) is 2.15. The fourth-order valence-corrected chi connectivity index (χ4v) is 3.60. The lowest BCUT2D eigenvalue weighted by molar-refractivity contribution is -0.139. The van der Waals surface area contributed by atoms with Crippen LogP contribution >= 0.6 is 31.9 Å². The van der Waals surface area contributed by atoms with Gasteiger partial charge in [0.1, 0.15) is 17.4 Å². The van der Waals surface area contributed by atoms with Gasteiger partial charge in [0.15, 0.2) is 6.61 Å². The van der Waals surface area contributed by atoms with Crippen LogP contribution < -0.4 is 10.1 Å². The number of hydrogen-bond donors (Lipinski definition) is 2. The van der Waals surface area contributed by atoms with Crippen LogP contribution in [0.3, 0.4) is 0 Å². The van der Waals surface area contributed by atoms with E-state index in [4.69, 9.17) is 9.84 Å². The van der Waals surface area contributed by atoms with E-state index in [-0.39, 0.29) is 5.57 Å². The topological polar surface area (TPSA) is 99.4 Å². The Morgan fingerprint density at radius 3 is 2.44 bits per heavy atom. The molecule has 0 radical (unpaired) electrons. The van der Waals surface area contributed by atoms with Gasteiger partial charge in [-0.15, -0.1) is 0 Å². The average Bonchev–Trinajstić information content (AvgIpc) is 2.60. The van der Waals surface area contributed by atoms with E-state index >= 15 is 0 Å². The molecule has 0 saturated carbocycles. The third kappa shape index (κ3) is 5.67. The molecule has 138 valence electrons. The summed E-state index contributed by atoms with van der Waals surface area (Å²) < 4.78 is 6.17. The van der Waals surface area contributed by atoms with Crippen LogP contribution in [0.15, 0.2) is 50.9 Å². The number of anilines is 1. The molecule has 2 aromatic rings. The van der Waals surface area contributed by atoms with Gasteiger partial charge < -0.3 is 15.2 Å². The second kappa shape index (κ2) is 9.35. The van der Waals surface area contributed by atoms with Gasteiger partial charge in [-0.1, -0.05) is 18.2 Å². The maximum absolute atomic E-state index is 12.4. The first-order valence-corrected chi connectivity index (χ1v) is 9.23. The summed E-state index contributed by atoms with van der Waals surface area (Å²) in [5.74, 6) is -1.31. The molecule has 2 N–H and O–H groups in total. The summed E-state index contributed by atoms with van der Waals surface area (Å²) in [5, 5.41) is 20.8. The number of nitrogens with zero attached hydrogens (tertiary/aromatic N) is 1. The number of carboxylic acids is 1. The van der Waals surface area contributed by atoms with Crippen molar-refractivity contribution in [3.8, 4) is 11.8 Å². The lowest BCUT2D eigenvalue weighted by Crippen LogP contribution is -2.14. The van der Waals surface area contributed by atoms with Gasteiger partial charge in [-0.05, 0) is 74.2 Å². The number of rotatable bonds is 6. The van der Waals surface area contributed by atoms with Crippen LogP contribution in [-0.4, -0.2) is 23.6 Å². The van der Waals surface area contributed by atoms with Crippen molar-refractivity contribution >= 4 is 55.5 Å². The quantitative estimate of drug-likeness (QED) is 0.455. The molecule has 8 heteroatoms. The minimum Gasteiger partial charge on any atom is -0.480 e. The highest BCUT2D eigenvalue weighted by molar-refractivity contribution is 9.11. The van der Waals surface area contributed by atoms with Crippen LogP contribution in [-0.2, 0) is 9.59 Å². The van der Waals surface area contributed by atoms with Crippen LogP contribution in [0.2, 0.25) is 0 Å². The van der Waals surface area contributed by atoms with Crippen molar-refractivity contribution in [2.45, 2.75) is 6.92 Å². The molecular formula is C19H14Br2N2O4. The molecule has 0 spiro atoms. The van der Waals surface area contributed by atoms with Gasteiger partial charge in [-0.2, -0.15) is 5.26 Å². The Morgan fingerprint density at radius 2 is 1.89 bits per heavy atom. The molecular weight excluding hydrogens is 480 g/mol. The number of carbonyl (C=O) groups excluding carboxylic acids is 1. The third-order valence-corrected chi connectivity index (χ3v) is 4.61. The highest BCUT2D eigenvalue weighted by Gasteiger charge is 2.14. The number of carboxylic acid groups (broad SMARTS) is 1. The van der Waals surface area contributed by atoms with E-state index in [0.29, 0.717) is 25.9 Å². The maximum atomic E-state index is 12.4. The summed E-state index contributed by atoms with van der Waals surface area (Å²) in [6.45, 7) is 1.37. The molecule has 0 aliphatic carbocycles. The zero-order chi connectivity index (χ0) is 20.0. The number of halogens is 2. The van der Waals surface area contributed by atoms with Crippen molar-refractivity contribution in [3.63, 3.8) is 0 Å². The normalized spacial score (nSPS) is 10.8. The van der Waals surface area contributed by atoms with Crippen LogP contribution in [0, 0.1) is 18.3 Å². The van der Waals surface area contributed by atoms with Crippen molar-refractivity contribution < 1.29 is 19.4 Å². The van der Waals surface area contributed by atoms with Gasteiger partial charge in [-0.3, -0.25) is 4.79 Å². The first-order valence-electron chi connectivity index (χ1n) is 7.64. The van der Waals surface area contributed by atoms with Gasteiger partial charge in [0.05, 0.1) is 8.95 Å². The summed E-state index contributed by atoms with van der Waals surface area (Å²) in [6, 6.07) is 12.4. The highest BCUT2D eigenvalue weighted by atomic mass is 79.9. The molecule has 0 aliphatic heterocycles. The summed E-state index contributed by atoms with van der Waals surface area (Å²) in [7, 11) is 0. The van der Waals surface area contributed by atoms with E-state index in [2.05, 4.69) is 37.2 Å². The van der Waals surface area contributed by atoms with Gasteiger partial charge in [0.25, 0.3) is 5.91 Å². The number of para-hydroxylation sites is 1. The molecule has 0 saturated heterocycles. The Labute approximate surface area is 172 Å². The number of nitrogens with one attached hydrogen (secondary N) is 1. The molecule has 27 heavy (non-hydrogen) atoms. The monoisotopic (exact) mass is 492 g/mol. The number of nitriles is 1. The maximum Gasteiger partial charge on any atom is 0.341 e. The Morgan fingerprint density at radius 1 is 1.26 bits per heavy atom. The lowest BCUT2D eigenvalue weighted by atomic mass is 10.1. The number of hydrogen-bond acceptors (Lipinski definition) is 4. The number of carbonyl (C=O) groups is 2. The SMILES string of the molecule is Cc1ccccc1NC(=O)C(C#N)=Cc1cc(Br)c(OCC(=O)O)c(Br)c1. The summed E-state index contributed by atoms with van der Waals surface area (Å²) in [5.41, 5.74) is 2.00. The minimum atomic E-state index is -1.10. The second-order valence-corrected chi connectivity index (χ2v) is 7.14. The highest BCUT2D eigenvalue weighted by Crippen LogP contribution is 2.35. The standard InChI is InChI=1S/C19H14Br2N2O4/c1-11-4-2-3-5-16(11)23-19(26)13(9-22)6-12-7-14(20)18(15(21)8-12)27-10-17(24)25/h2-8H,10H2,1H3,(H,23,26)(H,24,25). The first-order chi connectivity index (χ1) is 12.8. The molecule has 0 unspecified atom stereocenters. The van der Waals surface area contributed by atoms with Crippen molar-refractivity contribution in [1.82, 2.24) is 0 Å². The predicted octanol–water partition coefficient (Wildman–Crippen LogP) is 4.53. The molecule has 0 aromatic heterocycles. The largest absolute Gasteiger partial charge is 0.480 e. The van der Waals surface area contributed by atoms with E-state index in [9.17, 15) is 14.9 Å². The fraction of sp³-hybridized carbons (Fsp3) is 0.105. The van der Waals surface area contributed by atoms with Gasteiger partial charge in [0.2, 0.25) is 0 Å². The molecule has 0 atom stereocenters. The van der Waals surface area contributed by atoms with Crippen molar-refractivity contribution in [2.24, 2.45) is 0 Å². The smallest absolute Gasteiger partial charge is 0.341 e. The zero-order valence-electron chi connectivity index (χ0n) is 14.1. The molecule has 0 fully saturated rings. The molecule has 2 aromatic carbocycles. The van der Waals surface area contributed by atoms with E-state index in [1.165, 1.54) is 6.08 Å². The Bertz CT molecular complexity index is 941. The zero-order valence-corrected chi connectivity index (χ0v) is 17.3. The lowest BCUT2D eigenvalue weighted by Gasteiger charge is -2.10. The summed E-state index contributed by atoms with van der Waals surface area (Å²) >= 11 is 6.60. The molecule has 0 aliphatic rings. The molecule has 2 rings (SSSR count). The van der Waals surface area contributed by atoms with E-state index in [1.54, 1.807) is 24.3 Å². The number of ether oxygens (including phenoxy) is 1. The number of aliphatic carboxylic acids is 1. The van der Waals surface area contributed by atoms with E-state index in [1.807, 2.05) is 25.1 Å². The van der Waals surface area contributed by atoms with Crippen LogP contribution in [0.4, 0.5) is 5.69 Å². The Hall–Kier alpha value is -2.63. The molecule has 6 nitrogen and oxygen atoms in total. The van der Waals surface area contributed by atoms with Gasteiger partial charge >= 0.3 is 5.97 Å². The Balaban J connectivity index is 2.27. The first kappa shape index (κ1) is 20.7.